The van der Waals surface area contributed by atoms with Gasteiger partial charge in [0.1, 0.15) is 12.4 Å². The van der Waals surface area contributed by atoms with E-state index in [2.05, 4.69) is 15.5 Å². The zero-order valence-electron chi connectivity index (χ0n) is 18.3. The Morgan fingerprint density at radius 1 is 1.16 bits per heavy atom. The Balaban J connectivity index is 1.48. The van der Waals surface area contributed by atoms with E-state index in [1.165, 1.54) is 6.92 Å². The normalized spacial score (nSPS) is 15.1. The number of morpholine rings is 1. The minimum atomic E-state index is -0.417. The van der Waals surface area contributed by atoms with Crippen LogP contribution in [0.15, 0.2) is 48.5 Å². The molecule has 1 saturated heterocycles. The van der Waals surface area contributed by atoms with Gasteiger partial charge in [-0.1, -0.05) is 35.9 Å². The maximum Gasteiger partial charge on any atom is 0.222 e. The van der Waals surface area contributed by atoms with Crippen molar-refractivity contribution in [1.29, 1.82) is 0 Å². The maximum atomic E-state index is 12.5. The summed E-state index contributed by atoms with van der Waals surface area (Å²) in [5.41, 5.74) is 1.78. The Labute approximate surface area is 194 Å². The van der Waals surface area contributed by atoms with Crippen LogP contribution in [-0.4, -0.2) is 56.2 Å². The van der Waals surface area contributed by atoms with Gasteiger partial charge in [-0.3, -0.25) is 14.5 Å². The first-order valence-electron chi connectivity index (χ1n) is 10.8. The molecule has 3 rings (SSSR count). The number of carbonyl (C=O) groups excluding carboxylic acids is 2. The van der Waals surface area contributed by atoms with Crippen molar-refractivity contribution >= 4 is 23.4 Å². The molecule has 0 aliphatic carbocycles. The number of benzene rings is 2. The van der Waals surface area contributed by atoms with Crippen molar-refractivity contribution in [3.63, 3.8) is 0 Å². The molecule has 0 radical (unpaired) electrons. The third-order valence-corrected chi connectivity index (χ3v) is 5.46. The second kappa shape index (κ2) is 12.4. The van der Waals surface area contributed by atoms with Gasteiger partial charge in [0.2, 0.25) is 11.8 Å². The fourth-order valence-corrected chi connectivity index (χ4v) is 3.64. The molecule has 1 aliphatic heterocycles. The molecular weight excluding hydrogens is 430 g/mol. The third kappa shape index (κ3) is 8.15. The molecule has 32 heavy (non-hydrogen) atoms. The van der Waals surface area contributed by atoms with E-state index < -0.39 is 6.04 Å². The topological polar surface area (TPSA) is 79.9 Å². The standard InChI is InChI=1S/C24H30ClN3O4/c1-18(29)27-23(20-5-7-21(25)8-6-20)16-24(30)26-17-19-3-2-4-22(15-19)32-14-11-28-9-12-31-13-10-28/h2-8,15,23H,9-14,16-17H2,1H3,(H,26,30)(H,27,29). The van der Waals surface area contributed by atoms with Crippen molar-refractivity contribution in [2.75, 3.05) is 39.5 Å². The molecular formula is C24H30ClN3O4. The monoisotopic (exact) mass is 459 g/mol. The van der Waals surface area contributed by atoms with Crippen LogP contribution >= 0.6 is 11.6 Å². The van der Waals surface area contributed by atoms with Crippen LogP contribution < -0.4 is 15.4 Å². The van der Waals surface area contributed by atoms with Crippen LogP contribution in [-0.2, 0) is 20.9 Å². The predicted molar refractivity (Wildman–Crippen MR) is 124 cm³/mol. The number of halogens is 1. The molecule has 1 aliphatic rings. The van der Waals surface area contributed by atoms with Crippen molar-refractivity contribution in [3.8, 4) is 5.75 Å². The summed E-state index contributed by atoms with van der Waals surface area (Å²) in [6.07, 6.45) is 0.136. The summed E-state index contributed by atoms with van der Waals surface area (Å²) in [5, 5.41) is 6.36. The molecule has 0 aromatic heterocycles. The number of nitrogens with one attached hydrogen (secondary N) is 2. The highest BCUT2D eigenvalue weighted by Crippen LogP contribution is 2.20. The number of rotatable bonds is 10. The lowest BCUT2D eigenvalue weighted by Gasteiger charge is -2.26. The molecule has 2 aromatic carbocycles. The molecule has 1 fully saturated rings. The average Bonchev–Trinajstić information content (AvgIpc) is 2.78. The van der Waals surface area contributed by atoms with Crippen LogP contribution in [0.25, 0.3) is 0 Å². The number of carbonyl (C=O) groups is 2. The predicted octanol–water partition coefficient (Wildman–Crippen LogP) is 2.93. The Morgan fingerprint density at radius 3 is 2.62 bits per heavy atom. The molecule has 0 bridgehead atoms. The van der Waals surface area contributed by atoms with Crippen molar-refractivity contribution in [1.82, 2.24) is 15.5 Å². The van der Waals surface area contributed by atoms with Crippen molar-refractivity contribution in [3.05, 3.63) is 64.7 Å². The maximum absolute atomic E-state index is 12.5. The highest BCUT2D eigenvalue weighted by molar-refractivity contribution is 6.30. The smallest absolute Gasteiger partial charge is 0.222 e. The third-order valence-electron chi connectivity index (χ3n) is 5.21. The van der Waals surface area contributed by atoms with Gasteiger partial charge in [-0.15, -0.1) is 0 Å². The Bertz CT molecular complexity index is 885. The van der Waals surface area contributed by atoms with Crippen LogP contribution in [0.5, 0.6) is 5.75 Å². The van der Waals surface area contributed by atoms with Gasteiger partial charge in [0.15, 0.2) is 0 Å². The van der Waals surface area contributed by atoms with Crippen LogP contribution in [0.1, 0.15) is 30.5 Å². The molecule has 0 saturated carbocycles. The first kappa shape index (κ1) is 24.0. The zero-order chi connectivity index (χ0) is 22.8. The van der Waals surface area contributed by atoms with Gasteiger partial charge in [-0.2, -0.15) is 0 Å². The second-order valence-corrected chi connectivity index (χ2v) is 8.17. The number of amides is 2. The Kier molecular flexibility index (Phi) is 9.34. The lowest BCUT2D eigenvalue weighted by atomic mass is 10.0. The lowest BCUT2D eigenvalue weighted by molar-refractivity contribution is -0.122. The van der Waals surface area contributed by atoms with E-state index in [9.17, 15) is 9.59 Å². The summed E-state index contributed by atoms with van der Waals surface area (Å²) < 4.78 is 11.2. The molecule has 0 spiro atoms. The highest BCUT2D eigenvalue weighted by atomic mass is 35.5. The summed E-state index contributed by atoms with van der Waals surface area (Å²) in [6.45, 7) is 6.70. The van der Waals surface area contributed by atoms with Gasteiger partial charge in [-0.25, -0.2) is 0 Å². The van der Waals surface area contributed by atoms with Crippen molar-refractivity contribution in [2.45, 2.75) is 25.9 Å². The van der Waals surface area contributed by atoms with Gasteiger partial charge >= 0.3 is 0 Å². The molecule has 2 N–H and O–H groups in total. The molecule has 1 unspecified atom stereocenters. The number of nitrogens with zero attached hydrogens (tertiary/aromatic N) is 1. The average molecular weight is 460 g/mol. The lowest BCUT2D eigenvalue weighted by Crippen LogP contribution is -2.38. The van der Waals surface area contributed by atoms with Crippen LogP contribution in [0.4, 0.5) is 0 Å². The molecule has 7 nitrogen and oxygen atoms in total. The summed E-state index contributed by atoms with van der Waals surface area (Å²) in [4.78, 5) is 26.5. The minimum Gasteiger partial charge on any atom is -0.492 e. The Hall–Kier alpha value is -2.61. The highest BCUT2D eigenvalue weighted by Gasteiger charge is 2.17. The van der Waals surface area contributed by atoms with Gasteiger partial charge in [0, 0.05) is 38.1 Å². The second-order valence-electron chi connectivity index (χ2n) is 7.74. The minimum absolute atomic E-state index is 0.136. The first-order valence-corrected chi connectivity index (χ1v) is 11.2. The van der Waals surface area contributed by atoms with Crippen molar-refractivity contribution < 1.29 is 19.1 Å². The SMILES string of the molecule is CC(=O)NC(CC(=O)NCc1cccc(OCCN2CCOCC2)c1)c1ccc(Cl)cc1. The van der Waals surface area contributed by atoms with E-state index in [4.69, 9.17) is 21.1 Å². The van der Waals surface area contributed by atoms with E-state index in [0.29, 0.717) is 18.2 Å². The van der Waals surface area contributed by atoms with Crippen LogP contribution in [0.2, 0.25) is 5.02 Å². The Morgan fingerprint density at radius 2 is 1.91 bits per heavy atom. The summed E-state index contributed by atoms with van der Waals surface area (Å²) >= 11 is 5.95. The molecule has 2 amide bonds. The quantitative estimate of drug-likeness (QED) is 0.571. The summed E-state index contributed by atoms with van der Waals surface area (Å²) in [6, 6.07) is 14.4. The van der Waals surface area contributed by atoms with Crippen molar-refractivity contribution in [2.24, 2.45) is 0 Å². The van der Waals surface area contributed by atoms with Gasteiger partial charge in [0.25, 0.3) is 0 Å². The van der Waals surface area contributed by atoms with E-state index in [1.54, 1.807) is 12.1 Å². The number of ether oxygens (including phenoxy) is 2. The number of hydrogen-bond donors (Lipinski definition) is 2. The molecule has 2 aromatic rings. The molecule has 8 heteroatoms. The molecule has 1 atom stereocenters. The number of hydrogen-bond acceptors (Lipinski definition) is 5. The summed E-state index contributed by atoms with van der Waals surface area (Å²) in [5.74, 6) is 0.430. The van der Waals surface area contributed by atoms with E-state index >= 15 is 0 Å². The molecule has 1 heterocycles. The van der Waals surface area contributed by atoms with E-state index in [0.717, 1.165) is 49.7 Å². The largest absolute Gasteiger partial charge is 0.492 e. The zero-order valence-corrected chi connectivity index (χ0v) is 19.1. The van der Waals surface area contributed by atoms with E-state index in [-0.39, 0.29) is 18.2 Å². The van der Waals surface area contributed by atoms with Crippen LogP contribution in [0.3, 0.4) is 0 Å². The van der Waals surface area contributed by atoms with Gasteiger partial charge < -0.3 is 20.1 Å². The van der Waals surface area contributed by atoms with Crippen LogP contribution in [0, 0.1) is 0 Å². The first-order chi connectivity index (χ1) is 15.5. The van der Waals surface area contributed by atoms with E-state index in [1.807, 2.05) is 36.4 Å². The molecule has 172 valence electrons. The van der Waals surface area contributed by atoms with Gasteiger partial charge in [0.05, 0.1) is 25.7 Å². The summed E-state index contributed by atoms with van der Waals surface area (Å²) in [7, 11) is 0. The van der Waals surface area contributed by atoms with Gasteiger partial charge in [-0.05, 0) is 35.4 Å². The fraction of sp³-hybridized carbons (Fsp3) is 0.417. The fourth-order valence-electron chi connectivity index (χ4n) is 3.51.